The van der Waals surface area contributed by atoms with E-state index in [0.29, 0.717) is 0 Å². The van der Waals surface area contributed by atoms with Gasteiger partial charge in [0.05, 0.1) is 11.4 Å². The van der Waals surface area contributed by atoms with E-state index in [1.165, 1.54) is 5.41 Å². The maximum Gasteiger partial charge on any atom is 0.257 e. The second-order valence-corrected chi connectivity index (χ2v) is 15.5. The number of hydrogen-bond acceptors (Lipinski definition) is 6. The molecule has 43 heavy (non-hydrogen) atoms. The summed E-state index contributed by atoms with van der Waals surface area (Å²) >= 11 is 0. The van der Waals surface area contributed by atoms with E-state index in [0.717, 1.165) is 36.8 Å². The van der Waals surface area contributed by atoms with E-state index in [4.69, 9.17) is 0 Å². The second-order valence-electron chi connectivity index (χ2n) is 14.0. The number of likely N-dealkylation sites (N-methyl/N-ethyl adjacent to an activating group) is 2. The molecule has 0 aliphatic heterocycles. The van der Waals surface area contributed by atoms with Crippen LogP contribution < -0.4 is 15.4 Å². The Hall–Kier alpha value is -2.72. The van der Waals surface area contributed by atoms with E-state index in [2.05, 4.69) is 15.4 Å². The van der Waals surface area contributed by atoms with Gasteiger partial charge in [-0.25, -0.2) is 13.1 Å². The first-order valence-corrected chi connectivity index (χ1v) is 16.9. The van der Waals surface area contributed by atoms with Crippen molar-refractivity contribution in [2.24, 2.45) is 17.3 Å². The van der Waals surface area contributed by atoms with Gasteiger partial charge in [0.25, 0.3) is 10.0 Å². The minimum absolute atomic E-state index is 0.0280. The molecular weight excluding hydrogens is 564 g/mol. The first-order valence-electron chi connectivity index (χ1n) is 15.4. The summed E-state index contributed by atoms with van der Waals surface area (Å²) in [5.41, 5.74) is 0.659. The van der Waals surface area contributed by atoms with Crippen molar-refractivity contribution in [1.29, 1.82) is 0 Å². The standard InChI is InChI=1S/C33H54N4O5S/c1-22(2)26(20-23(3)29(38)36-43(41,42)21-24-16-14-15-17-24)37(10)31(40)28(32(4,5)6)35-30(39)27(34-9)33(7,8)25-18-12-11-13-19-25/h11-13,18-19,21-23,26-28,34H,14-17,20H2,1-10H3,(H,35,39)(H,36,38)/t23?,26-,27-,28-/m1/s1. The van der Waals surface area contributed by atoms with Gasteiger partial charge >= 0.3 is 0 Å². The van der Waals surface area contributed by atoms with Crippen molar-refractivity contribution in [1.82, 2.24) is 20.3 Å². The van der Waals surface area contributed by atoms with Crippen molar-refractivity contribution in [2.45, 2.75) is 111 Å². The number of sulfonamides is 1. The van der Waals surface area contributed by atoms with E-state index in [9.17, 15) is 22.8 Å². The molecular formula is C33H54N4O5S. The number of nitrogens with zero attached hydrogens (tertiary/aromatic N) is 1. The zero-order chi connectivity index (χ0) is 32.8. The monoisotopic (exact) mass is 618 g/mol. The van der Waals surface area contributed by atoms with Crippen molar-refractivity contribution < 1.29 is 22.8 Å². The van der Waals surface area contributed by atoms with E-state index < -0.39 is 44.8 Å². The molecule has 1 aliphatic carbocycles. The molecule has 0 spiro atoms. The molecule has 0 bridgehead atoms. The van der Waals surface area contributed by atoms with Gasteiger partial charge in [0, 0.05) is 24.4 Å². The normalized spacial score (nSPS) is 17.1. The van der Waals surface area contributed by atoms with Crippen LogP contribution in [-0.4, -0.2) is 63.3 Å². The van der Waals surface area contributed by atoms with Gasteiger partial charge in [-0.15, -0.1) is 0 Å². The lowest BCUT2D eigenvalue weighted by Crippen LogP contribution is -2.61. The molecule has 4 atom stereocenters. The SMILES string of the molecule is CN[C@H](C(=O)N[C@H](C(=O)N(C)[C@H](CC(C)C(=O)NS(=O)(=O)C=C1CCCC1)C(C)C)C(C)(C)C)C(C)(C)c1ccccc1. The smallest absolute Gasteiger partial charge is 0.257 e. The number of nitrogens with one attached hydrogen (secondary N) is 3. The largest absolute Gasteiger partial charge is 0.342 e. The Morgan fingerprint density at radius 1 is 0.930 bits per heavy atom. The maximum absolute atomic E-state index is 14.1. The minimum atomic E-state index is -3.89. The Morgan fingerprint density at radius 3 is 1.98 bits per heavy atom. The van der Waals surface area contributed by atoms with Crippen LogP contribution in [0.4, 0.5) is 0 Å². The van der Waals surface area contributed by atoms with Crippen LogP contribution in [0.2, 0.25) is 0 Å². The Bertz CT molecular complexity index is 1240. The number of amides is 3. The van der Waals surface area contributed by atoms with Crippen molar-refractivity contribution in [2.75, 3.05) is 14.1 Å². The van der Waals surface area contributed by atoms with Crippen LogP contribution in [0.3, 0.4) is 0 Å². The summed E-state index contributed by atoms with van der Waals surface area (Å²) < 4.78 is 27.4. The topological polar surface area (TPSA) is 125 Å². The predicted octanol–water partition coefficient (Wildman–Crippen LogP) is 4.50. The Kier molecular flexibility index (Phi) is 12.6. The summed E-state index contributed by atoms with van der Waals surface area (Å²) in [6, 6.07) is 7.97. The lowest BCUT2D eigenvalue weighted by atomic mass is 9.76. The zero-order valence-electron chi connectivity index (χ0n) is 27.8. The van der Waals surface area contributed by atoms with Gasteiger partial charge in [0.1, 0.15) is 6.04 Å². The van der Waals surface area contributed by atoms with Gasteiger partial charge in [-0.3, -0.25) is 14.4 Å². The lowest BCUT2D eigenvalue weighted by Gasteiger charge is -2.40. The number of allylic oxidation sites excluding steroid dienone is 1. The van der Waals surface area contributed by atoms with Crippen molar-refractivity contribution in [3.05, 3.63) is 46.9 Å². The van der Waals surface area contributed by atoms with E-state index in [1.807, 2.05) is 78.8 Å². The average Bonchev–Trinajstić information content (AvgIpc) is 3.41. The molecule has 1 fully saturated rings. The molecule has 3 amide bonds. The molecule has 1 aliphatic rings. The first kappa shape index (κ1) is 36.5. The third kappa shape index (κ3) is 9.89. The first-order chi connectivity index (χ1) is 19.8. The fraction of sp³-hybridized carbons (Fsp3) is 0.667. The van der Waals surface area contributed by atoms with Crippen LogP contribution in [0.1, 0.15) is 93.1 Å². The van der Waals surface area contributed by atoms with Crippen LogP contribution in [0.5, 0.6) is 0 Å². The minimum Gasteiger partial charge on any atom is -0.342 e. The third-order valence-corrected chi connectivity index (χ3v) is 9.79. The van der Waals surface area contributed by atoms with E-state index in [-0.39, 0.29) is 30.2 Å². The van der Waals surface area contributed by atoms with Gasteiger partial charge in [-0.2, -0.15) is 0 Å². The summed E-state index contributed by atoms with van der Waals surface area (Å²) in [4.78, 5) is 42.4. The fourth-order valence-corrected chi connectivity index (χ4v) is 7.09. The highest BCUT2D eigenvalue weighted by Crippen LogP contribution is 2.30. The molecule has 0 radical (unpaired) electrons. The predicted molar refractivity (Wildman–Crippen MR) is 172 cm³/mol. The van der Waals surface area contributed by atoms with Gasteiger partial charge in [0.15, 0.2) is 0 Å². The van der Waals surface area contributed by atoms with Crippen molar-refractivity contribution >= 4 is 27.7 Å². The summed E-state index contributed by atoms with van der Waals surface area (Å²) in [7, 11) is -0.462. The Balaban J connectivity index is 2.22. The number of rotatable bonds is 13. The summed E-state index contributed by atoms with van der Waals surface area (Å²) in [5.74, 6) is -1.84. The average molecular weight is 619 g/mol. The molecule has 242 valence electrons. The quantitative estimate of drug-likeness (QED) is 0.299. The molecule has 0 aromatic heterocycles. The van der Waals surface area contributed by atoms with E-state index >= 15 is 0 Å². The van der Waals surface area contributed by atoms with Gasteiger partial charge < -0.3 is 15.5 Å². The van der Waals surface area contributed by atoms with Crippen LogP contribution in [0.25, 0.3) is 0 Å². The number of benzene rings is 1. The molecule has 2 rings (SSSR count). The molecule has 1 aromatic rings. The number of hydrogen-bond donors (Lipinski definition) is 3. The second kappa shape index (κ2) is 14.8. The molecule has 1 unspecified atom stereocenters. The van der Waals surface area contributed by atoms with Crippen LogP contribution in [0, 0.1) is 17.3 Å². The Morgan fingerprint density at radius 2 is 1.49 bits per heavy atom. The molecule has 10 heteroatoms. The number of carbonyl (C=O) groups is 3. The molecule has 9 nitrogen and oxygen atoms in total. The van der Waals surface area contributed by atoms with Crippen LogP contribution in [-0.2, 0) is 29.8 Å². The number of carbonyl (C=O) groups excluding carboxylic acids is 3. The van der Waals surface area contributed by atoms with Crippen LogP contribution in [0.15, 0.2) is 41.3 Å². The highest BCUT2D eigenvalue weighted by molar-refractivity contribution is 7.92. The summed E-state index contributed by atoms with van der Waals surface area (Å²) in [6.07, 6.45) is 3.65. The summed E-state index contributed by atoms with van der Waals surface area (Å²) in [5, 5.41) is 7.38. The van der Waals surface area contributed by atoms with Crippen LogP contribution >= 0.6 is 0 Å². The highest BCUT2D eigenvalue weighted by Gasteiger charge is 2.42. The van der Waals surface area contributed by atoms with Gasteiger partial charge in [0.2, 0.25) is 17.7 Å². The molecule has 1 aromatic carbocycles. The molecule has 3 N–H and O–H groups in total. The van der Waals surface area contributed by atoms with Gasteiger partial charge in [-0.05, 0) is 56.0 Å². The van der Waals surface area contributed by atoms with Gasteiger partial charge in [-0.1, -0.05) is 91.3 Å². The third-order valence-electron chi connectivity index (χ3n) is 8.66. The van der Waals surface area contributed by atoms with E-state index in [1.54, 1.807) is 25.9 Å². The lowest BCUT2D eigenvalue weighted by molar-refractivity contribution is -0.142. The Labute approximate surface area is 259 Å². The maximum atomic E-state index is 14.1. The summed E-state index contributed by atoms with van der Waals surface area (Å²) in [6.45, 7) is 15.3. The van der Waals surface area contributed by atoms with Crippen molar-refractivity contribution in [3.63, 3.8) is 0 Å². The van der Waals surface area contributed by atoms with Crippen molar-refractivity contribution in [3.8, 4) is 0 Å². The highest BCUT2D eigenvalue weighted by atomic mass is 32.2. The zero-order valence-corrected chi connectivity index (χ0v) is 28.6. The molecule has 0 heterocycles. The fourth-order valence-electron chi connectivity index (χ4n) is 5.88. The molecule has 1 saturated carbocycles. The molecule has 0 saturated heterocycles.